The summed E-state index contributed by atoms with van der Waals surface area (Å²) in [6, 6.07) is 11.8. The number of pyridine rings is 1. The number of para-hydroxylation sites is 1. The average Bonchev–Trinajstić information content (AvgIpc) is 2.91. The minimum atomic E-state index is -0.189. The summed E-state index contributed by atoms with van der Waals surface area (Å²) in [6.07, 6.45) is 5.11. The molecule has 3 heteroatoms. The van der Waals surface area contributed by atoms with Crippen LogP contribution in [0.1, 0.15) is 17.2 Å². The first-order valence-electron chi connectivity index (χ1n) is 5.47. The summed E-state index contributed by atoms with van der Waals surface area (Å²) in [4.78, 5) is 4.40. The van der Waals surface area contributed by atoms with E-state index in [1.54, 1.807) is 12.5 Å². The molecule has 2 heterocycles. The van der Waals surface area contributed by atoms with Crippen LogP contribution >= 0.6 is 0 Å². The largest absolute Gasteiger partial charge is 0.472 e. The van der Waals surface area contributed by atoms with E-state index in [1.807, 2.05) is 36.5 Å². The molecule has 1 atom stereocenters. The summed E-state index contributed by atoms with van der Waals surface area (Å²) in [5.74, 6) is 0. The summed E-state index contributed by atoms with van der Waals surface area (Å²) < 4.78 is 5.04. The molecule has 2 N–H and O–H groups in total. The van der Waals surface area contributed by atoms with Gasteiger partial charge in [0.05, 0.1) is 24.1 Å². The van der Waals surface area contributed by atoms with E-state index in [-0.39, 0.29) is 6.04 Å². The second-order valence-electron chi connectivity index (χ2n) is 4.00. The quantitative estimate of drug-likeness (QED) is 0.728. The summed E-state index contributed by atoms with van der Waals surface area (Å²) in [6.45, 7) is 0. The summed E-state index contributed by atoms with van der Waals surface area (Å²) >= 11 is 0. The van der Waals surface area contributed by atoms with Gasteiger partial charge < -0.3 is 10.2 Å². The van der Waals surface area contributed by atoms with E-state index in [9.17, 15) is 0 Å². The fraction of sp³-hybridized carbons (Fsp3) is 0.0714. The van der Waals surface area contributed by atoms with Gasteiger partial charge in [0.2, 0.25) is 0 Å². The molecular weight excluding hydrogens is 212 g/mol. The van der Waals surface area contributed by atoms with Crippen molar-refractivity contribution in [3.8, 4) is 0 Å². The molecule has 0 aliphatic rings. The fourth-order valence-electron chi connectivity index (χ4n) is 1.90. The zero-order valence-electron chi connectivity index (χ0n) is 9.21. The van der Waals surface area contributed by atoms with Crippen LogP contribution in [-0.4, -0.2) is 4.98 Å². The SMILES string of the molecule is NC(c1ccoc1)c1cnc2ccccc2c1. The zero-order chi connectivity index (χ0) is 11.7. The lowest BCUT2D eigenvalue weighted by molar-refractivity contribution is 0.562. The molecule has 0 saturated carbocycles. The Morgan fingerprint density at radius 1 is 1.12 bits per heavy atom. The van der Waals surface area contributed by atoms with Crippen molar-refractivity contribution >= 4 is 10.9 Å². The summed E-state index contributed by atoms with van der Waals surface area (Å²) in [5.41, 5.74) is 9.08. The predicted octanol–water partition coefficient (Wildman–Crippen LogP) is 2.88. The van der Waals surface area contributed by atoms with Crippen molar-refractivity contribution in [2.24, 2.45) is 5.73 Å². The molecule has 3 nitrogen and oxygen atoms in total. The lowest BCUT2D eigenvalue weighted by atomic mass is 10.0. The molecule has 0 aliphatic heterocycles. The number of hydrogen-bond donors (Lipinski definition) is 1. The minimum absolute atomic E-state index is 0.189. The van der Waals surface area contributed by atoms with Crippen LogP contribution < -0.4 is 5.73 Å². The highest BCUT2D eigenvalue weighted by molar-refractivity contribution is 5.78. The van der Waals surface area contributed by atoms with Gasteiger partial charge in [-0.05, 0) is 23.8 Å². The number of nitrogens with two attached hydrogens (primary N) is 1. The van der Waals surface area contributed by atoms with Gasteiger partial charge in [-0.25, -0.2) is 0 Å². The maximum Gasteiger partial charge on any atom is 0.0953 e. The monoisotopic (exact) mass is 224 g/mol. The van der Waals surface area contributed by atoms with E-state index >= 15 is 0 Å². The molecule has 1 aromatic carbocycles. The Hall–Kier alpha value is -2.13. The van der Waals surface area contributed by atoms with Crippen LogP contribution in [0.5, 0.6) is 0 Å². The first-order valence-corrected chi connectivity index (χ1v) is 5.47. The van der Waals surface area contributed by atoms with Gasteiger partial charge in [-0.2, -0.15) is 0 Å². The fourth-order valence-corrected chi connectivity index (χ4v) is 1.90. The number of rotatable bonds is 2. The number of furan rings is 1. The Morgan fingerprint density at radius 2 is 2.00 bits per heavy atom. The van der Waals surface area contributed by atoms with Gasteiger partial charge in [0.1, 0.15) is 0 Å². The minimum Gasteiger partial charge on any atom is -0.472 e. The highest BCUT2D eigenvalue weighted by Crippen LogP contribution is 2.22. The van der Waals surface area contributed by atoms with Crippen LogP contribution in [0.2, 0.25) is 0 Å². The van der Waals surface area contributed by atoms with Crippen molar-refractivity contribution in [1.82, 2.24) is 4.98 Å². The smallest absolute Gasteiger partial charge is 0.0953 e. The van der Waals surface area contributed by atoms with Crippen molar-refractivity contribution < 1.29 is 4.42 Å². The van der Waals surface area contributed by atoms with E-state index in [4.69, 9.17) is 10.2 Å². The molecule has 3 aromatic rings. The third kappa shape index (κ3) is 1.81. The maximum absolute atomic E-state index is 6.15. The van der Waals surface area contributed by atoms with Crippen LogP contribution in [0.25, 0.3) is 10.9 Å². The lowest BCUT2D eigenvalue weighted by Crippen LogP contribution is -2.11. The molecule has 1 unspecified atom stereocenters. The van der Waals surface area contributed by atoms with Crippen molar-refractivity contribution in [1.29, 1.82) is 0 Å². The molecule has 0 bridgehead atoms. The van der Waals surface area contributed by atoms with Gasteiger partial charge in [0.15, 0.2) is 0 Å². The second-order valence-corrected chi connectivity index (χ2v) is 4.00. The lowest BCUT2D eigenvalue weighted by Gasteiger charge is -2.10. The third-order valence-corrected chi connectivity index (χ3v) is 2.87. The van der Waals surface area contributed by atoms with E-state index < -0.39 is 0 Å². The molecule has 84 valence electrons. The van der Waals surface area contributed by atoms with Gasteiger partial charge >= 0.3 is 0 Å². The highest BCUT2D eigenvalue weighted by atomic mass is 16.3. The molecular formula is C14H12N2O. The van der Waals surface area contributed by atoms with Crippen molar-refractivity contribution in [3.63, 3.8) is 0 Å². The van der Waals surface area contributed by atoms with E-state index in [0.29, 0.717) is 0 Å². The molecule has 2 aromatic heterocycles. The van der Waals surface area contributed by atoms with E-state index in [0.717, 1.165) is 22.0 Å². The zero-order valence-corrected chi connectivity index (χ0v) is 9.21. The van der Waals surface area contributed by atoms with Gasteiger partial charge in [-0.1, -0.05) is 18.2 Å². The molecule has 0 saturated heterocycles. The first kappa shape index (κ1) is 10.1. The second kappa shape index (κ2) is 4.03. The molecule has 3 rings (SSSR count). The number of nitrogens with zero attached hydrogens (tertiary/aromatic N) is 1. The Bertz CT molecular complexity index is 632. The van der Waals surface area contributed by atoms with Crippen molar-refractivity contribution in [3.05, 3.63) is 66.2 Å². The Balaban J connectivity index is 2.06. The van der Waals surface area contributed by atoms with Crippen LogP contribution in [-0.2, 0) is 0 Å². The molecule has 0 fully saturated rings. The Kier molecular flexibility index (Phi) is 2.38. The predicted molar refractivity (Wildman–Crippen MR) is 66.5 cm³/mol. The Morgan fingerprint density at radius 3 is 2.82 bits per heavy atom. The summed E-state index contributed by atoms with van der Waals surface area (Å²) in [5, 5.41) is 1.10. The van der Waals surface area contributed by atoms with Crippen LogP contribution in [0.3, 0.4) is 0 Å². The van der Waals surface area contributed by atoms with Gasteiger partial charge in [-0.15, -0.1) is 0 Å². The summed E-state index contributed by atoms with van der Waals surface area (Å²) in [7, 11) is 0. The number of fused-ring (bicyclic) bond motifs is 1. The normalized spacial score (nSPS) is 12.8. The van der Waals surface area contributed by atoms with Crippen LogP contribution in [0.15, 0.2) is 59.5 Å². The van der Waals surface area contributed by atoms with Crippen molar-refractivity contribution in [2.45, 2.75) is 6.04 Å². The van der Waals surface area contributed by atoms with Gasteiger partial charge in [-0.3, -0.25) is 4.98 Å². The Labute approximate surface area is 98.9 Å². The van der Waals surface area contributed by atoms with Crippen molar-refractivity contribution in [2.75, 3.05) is 0 Å². The number of benzene rings is 1. The maximum atomic E-state index is 6.15. The van der Waals surface area contributed by atoms with Gasteiger partial charge in [0, 0.05) is 17.1 Å². The van der Waals surface area contributed by atoms with Gasteiger partial charge in [0.25, 0.3) is 0 Å². The molecule has 0 radical (unpaired) electrons. The van der Waals surface area contributed by atoms with E-state index in [1.165, 1.54) is 0 Å². The standard InChI is InChI=1S/C14H12N2O/c15-14(11-5-6-17-9-11)12-7-10-3-1-2-4-13(10)16-8-12/h1-9,14H,15H2. The molecule has 17 heavy (non-hydrogen) atoms. The molecule has 0 aliphatic carbocycles. The average molecular weight is 224 g/mol. The number of aromatic nitrogens is 1. The van der Waals surface area contributed by atoms with Crippen LogP contribution in [0.4, 0.5) is 0 Å². The molecule has 0 spiro atoms. The van der Waals surface area contributed by atoms with E-state index in [2.05, 4.69) is 11.1 Å². The highest BCUT2D eigenvalue weighted by Gasteiger charge is 2.10. The van der Waals surface area contributed by atoms with Crippen LogP contribution in [0, 0.1) is 0 Å². The topological polar surface area (TPSA) is 52.0 Å². The molecule has 0 amide bonds. The first-order chi connectivity index (χ1) is 8.34. The number of hydrogen-bond acceptors (Lipinski definition) is 3. The third-order valence-electron chi connectivity index (χ3n) is 2.87.